The molecule has 0 aliphatic carbocycles. The number of methoxy groups -OCH3 is 2. The van der Waals surface area contributed by atoms with Crippen LogP contribution in [0, 0.1) is 6.92 Å². The average molecular weight is 404 g/mol. The number of anilines is 1. The summed E-state index contributed by atoms with van der Waals surface area (Å²) in [6.07, 6.45) is 1.70. The number of nitrogens with one attached hydrogen (secondary N) is 1. The first-order valence-corrected chi connectivity index (χ1v) is 10.0. The van der Waals surface area contributed by atoms with E-state index in [1.165, 1.54) is 0 Å². The van der Waals surface area contributed by atoms with Crippen LogP contribution in [0.2, 0.25) is 0 Å². The van der Waals surface area contributed by atoms with Crippen LogP contribution in [0.5, 0.6) is 17.2 Å². The standard InChI is InChI=1S/C19H21N3O3S2/c1-5-25-18-14(23-3)9-13(10-15(18)24-4)11-20-22-19-21-17(12(2)27-19)16-7-6-8-26-16/h6-11H,5H2,1-4H3,(H,21,22)/b20-11-. The molecule has 0 amide bonds. The molecule has 0 saturated carbocycles. The molecule has 0 saturated heterocycles. The number of hydrazone groups is 1. The Bertz CT molecular complexity index is 895. The van der Waals surface area contributed by atoms with Crippen molar-refractivity contribution in [2.75, 3.05) is 26.3 Å². The fourth-order valence-corrected chi connectivity index (χ4v) is 4.12. The van der Waals surface area contributed by atoms with Gasteiger partial charge in [-0.1, -0.05) is 6.07 Å². The zero-order chi connectivity index (χ0) is 19.2. The fraction of sp³-hybridized carbons (Fsp3) is 0.263. The van der Waals surface area contributed by atoms with E-state index >= 15 is 0 Å². The molecular weight excluding hydrogens is 382 g/mol. The highest BCUT2D eigenvalue weighted by molar-refractivity contribution is 7.17. The number of benzene rings is 1. The number of nitrogens with zero attached hydrogens (tertiary/aromatic N) is 2. The molecule has 27 heavy (non-hydrogen) atoms. The molecule has 6 nitrogen and oxygen atoms in total. The molecule has 0 spiro atoms. The summed E-state index contributed by atoms with van der Waals surface area (Å²) in [4.78, 5) is 6.93. The normalized spacial score (nSPS) is 11.0. The summed E-state index contributed by atoms with van der Waals surface area (Å²) >= 11 is 3.25. The second-order valence-corrected chi connectivity index (χ2v) is 7.61. The second kappa shape index (κ2) is 8.88. The molecule has 1 N–H and O–H groups in total. The number of ether oxygens (including phenoxy) is 3. The van der Waals surface area contributed by atoms with Crippen LogP contribution in [-0.4, -0.2) is 32.0 Å². The number of aryl methyl sites for hydroxylation is 1. The van der Waals surface area contributed by atoms with Crippen molar-refractivity contribution in [1.82, 2.24) is 4.98 Å². The molecule has 0 aliphatic heterocycles. The largest absolute Gasteiger partial charge is 0.493 e. The fourth-order valence-electron chi connectivity index (χ4n) is 2.51. The van der Waals surface area contributed by atoms with E-state index in [0.717, 1.165) is 26.1 Å². The molecule has 2 heterocycles. The molecule has 0 aliphatic rings. The Balaban J connectivity index is 1.77. The van der Waals surface area contributed by atoms with Crippen molar-refractivity contribution < 1.29 is 14.2 Å². The van der Waals surface area contributed by atoms with Crippen LogP contribution >= 0.6 is 22.7 Å². The van der Waals surface area contributed by atoms with Crippen LogP contribution in [0.4, 0.5) is 5.13 Å². The summed E-state index contributed by atoms with van der Waals surface area (Å²) in [6, 6.07) is 7.79. The van der Waals surface area contributed by atoms with Gasteiger partial charge in [-0.15, -0.1) is 22.7 Å². The van der Waals surface area contributed by atoms with E-state index in [9.17, 15) is 0 Å². The molecule has 8 heteroatoms. The van der Waals surface area contributed by atoms with Gasteiger partial charge < -0.3 is 14.2 Å². The van der Waals surface area contributed by atoms with Crippen molar-refractivity contribution >= 4 is 34.0 Å². The van der Waals surface area contributed by atoms with Crippen molar-refractivity contribution in [3.8, 4) is 27.8 Å². The predicted molar refractivity (Wildman–Crippen MR) is 112 cm³/mol. The van der Waals surface area contributed by atoms with E-state index in [2.05, 4.69) is 28.5 Å². The summed E-state index contributed by atoms with van der Waals surface area (Å²) in [7, 11) is 3.20. The third-order valence-electron chi connectivity index (χ3n) is 3.70. The first-order chi connectivity index (χ1) is 13.2. The Morgan fingerprint density at radius 2 is 1.96 bits per heavy atom. The summed E-state index contributed by atoms with van der Waals surface area (Å²) in [5.41, 5.74) is 4.82. The lowest BCUT2D eigenvalue weighted by molar-refractivity contribution is 0.288. The monoisotopic (exact) mass is 403 g/mol. The summed E-state index contributed by atoms with van der Waals surface area (Å²) in [5, 5.41) is 7.09. The van der Waals surface area contributed by atoms with Gasteiger partial charge in [-0.2, -0.15) is 5.10 Å². The van der Waals surface area contributed by atoms with Crippen LogP contribution < -0.4 is 19.6 Å². The molecule has 2 aromatic heterocycles. The highest BCUT2D eigenvalue weighted by Gasteiger charge is 2.13. The minimum absolute atomic E-state index is 0.525. The van der Waals surface area contributed by atoms with E-state index in [4.69, 9.17) is 14.2 Å². The van der Waals surface area contributed by atoms with E-state index < -0.39 is 0 Å². The zero-order valence-electron chi connectivity index (χ0n) is 15.6. The summed E-state index contributed by atoms with van der Waals surface area (Å²) in [5.74, 6) is 1.79. The van der Waals surface area contributed by atoms with E-state index in [1.54, 1.807) is 43.1 Å². The van der Waals surface area contributed by atoms with Crippen LogP contribution in [-0.2, 0) is 0 Å². The molecule has 0 atom stereocenters. The van der Waals surface area contributed by atoms with Crippen molar-refractivity contribution in [2.24, 2.45) is 5.10 Å². The molecule has 1 aromatic carbocycles. The van der Waals surface area contributed by atoms with Gasteiger partial charge in [0.05, 0.1) is 37.6 Å². The smallest absolute Gasteiger partial charge is 0.204 e. The van der Waals surface area contributed by atoms with Gasteiger partial charge in [-0.25, -0.2) is 4.98 Å². The van der Waals surface area contributed by atoms with E-state index in [0.29, 0.717) is 23.9 Å². The molecular formula is C19H21N3O3S2. The van der Waals surface area contributed by atoms with E-state index in [-0.39, 0.29) is 0 Å². The van der Waals surface area contributed by atoms with Gasteiger partial charge in [-0.3, -0.25) is 5.43 Å². The molecule has 0 bridgehead atoms. The minimum atomic E-state index is 0.525. The van der Waals surface area contributed by atoms with Crippen LogP contribution in [0.1, 0.15) is 17.4 Å². The molecule has 3 aromatic rings. The average Bonchev–Trinajstić information content (AvgIpc) is 3.32. The second-order valence-electron chi connectivity index (χ2n) is 5.46. The summed E-state index contributed by atoms with van der Waals surface area (Å²) < 4.78 is 16.4. The van der Waals surface area contributed by atoms with Crippen LogP contribution in [0.3, 0.4) is 0 Å². The number of thiophene rings is 1. The van der Waals surface area contributed by atoms with Gasteiger partial charge in [-0.05, 0) is 37.4 Å². The number of rotatable bonds is 8. The SMILES string of the molecule is CCOc1c(OC)cc(/C=N\Nc2nc(-c3cccs3)c(C)s2)cc1OC. The Morgan fingerprint density at radius 3 is 2.56 bits per heavy atom. The number of aromatic nitrogens is 1. The number of hydrogen-bond donors (Lipinski definition) is 1. The first kappa shape index (κ1) is 19.2. The maximum atomic E-state index is 5.61. The molecule has 3 rings (SSSR count). The van der Waals surface area contributed by atoms with Gasteiger partial charge in [0, 0.05) is 10.4 Å². The van der Waals surface area contributed by atoms with Crippen molar-refractivity contribution in [1.29, 1.82) is 0 Å². The minimum Gasteiger partial charge on any atom is -0.493 e. The van der Waals surface area contributed by atoms with Crippen LogP contribution in [0.25, 0.3) is 10.6 Å². The van der Waals surface area contributed by atoms with Crippen molar-refractivity contribution in [3.63, 3.8) is 0 Å². The molecule has 142 valence electrons. The van der Waals surface area contributed by atoms with E-state index in [1.807, 2.05) is 30.5 Å². The Morgan fingerprint density at radius 1 is 1.22 bits per heavy atom. The van der Waals surface area contributed by atoms with Gasteiger partial charge in [0.2, 0.25) is 10.9 Å². The van der Waals surface area contributed by atoms with Crippen LogP contribution in [0.15, 0.2) is 34.7 Å². The predicted octanol–water partition coefficient (Wildman–Crippen LogP) is 5.04. The lowest BCUT2D eigenvalue weighted by atomic mass is 10.2. The Kier molecular flexibility index (Phi) is 6.31. The highest BCUT2D eigenvalue weighted by Crippen LogP contribution is 2.38. The molecule has 0 fully saturated rings. The number of hydrogen-bond acceptors (Lipinski definition) is 8. The van der Waals surface area contributed by atoms with Gasteiger partial charge in [0.1, 0.15) is 0 Å². The Labute approximate surface area is 166 Å². The molecule has 0 radical (unpaired) electrons. The zero-order valence-corrected chi connectivity index (χ0v) is 17.2. The van der Waals surface area contributed by atoms with Crippen molar-refractivity contribution in [3.05, 3.63) is 40.1 Å². The lowest BCUT2D eigenvalue weighted by Gasteiger charge is -2.14. The maximum absolute atomic E-state index is 5.61. The quantitative estimate of drug-likeness (QED) is 0.421. The number of thiazole rings is 1. The Hall–Kier alpha value is -2.58. The summed E-state index contributed by atoms with van der Waals surface area (Å²) in [6.45, 7) is 4.50. The molecule has 0 unspecified atom stereocenters. The first-order valence-electron chi connectivity index (χ1n) is 8.35. The van der Waals surface area contributed by atoms with Gasteiger partial charge in [0.25, 0.3) is 0 Å². The topological polar surface area (TPSA) is 65.0 Å². The van der Waals surface area contributed by atoms with Gasteiger partial charge >= 0.3 is 0 Å². The highest BCUT2D eigenvalue weighted by atomic mass is 32.1. The third kappa shape index (κ3) is 4.40. The maximum Gasteiger partial charge on any atom is 0.204 e. The third-order valence-corrected chi connectivity index (χ3v) is 5.45. The van der Waals surface area contributed by atoms with Gasteiger partial charge in [0.15, 0.2) is 11.5 Å². The van der Waals surface area contributed by atoms with Crippen molar-refractivity contribution in [2.45, 2.75) is 13.8 Å². The lowest BCUT2D eigenvalue weighted by Crippen LogP contribution is -2.00.